The molecule has 0 atom stereocenters. The summed E-state index contributed by atoms with van der Waals surface area (Å²) in [7, 11) is 0. The second-order valence-corrected chi connectivity index (χ2v) is 7.73. The zero-order valence-electron chi connectivity index (χ0n) is 16.4. The van der Waals surface area contributed by atoms with Gasteiger partial charge in [0.05, 0.1) is 22.5 Å². The average molecular weight is 414 g/mol. The summed E-state index contributed by atoms with van der Waals surface area (Å²) in [6.07, 6.45) is 2.84. The van der Waals surface area contributed by atoms with E-state index in [1.807, 2.05) is 6.92 Å². The van der Waals surface area contributed by atoms with Crippen molar-refractivity contribution < 1.29 is 9.59 Å². The van der Waals surface area contributed by atoms with Crippen molar-refractivity contribution in [1.82, 2.24) is 25.6 Å². The number of benzene rings is 1. The Labute approximate surface area is 171 Å². The third-order valence-electron chi connectivity index (χ3n) is 4.38. The lowest BCUT2D eigenvalue weighted by molar-refractivity contribution is -0.121. The molecule has 0 aliphatic heterocycles. The van der Waals surface area contributed by atoms with Gasteiger partial charge in [-0.25, -0.2) is 9.67 Å². The topological polar surface area (TPSA) is 106 Å². The monoisotopic (exact) mass is 413 g/mol. The van der Waals surface area contributed by atoms with Crippen molar-refractivity contribution in [3.63, 3.8) is 0 Å². The lowest BCUT2D eigenvalue weighted by Crippen LogP contribution is -2.43. The molecule has 3 aromatic rings. The predicted octanol–water partition coefficient (Wildman–Crippen LogP) is 2.36. The van der Waals surface area contributed by atoms with E-state index in [4.69, 9.17) is 0 Å². The molecule has 2 N–H and O–H groups in total. The number of fused-ring (bicyclic) bond motifs is 1. The zero-order valence-corrected chi connectivity index (χ0v) is 17.2. The van der Waals surface area contributed by atoms with Crippen molar-refractivity contribution in [3.05, 3.63) is 56.4 Å². The van der Waals surface area contributed by atoms with Crippen molar-refractivity contribution in [2.24, 2.45) is 0 Å². The Bertz CT molecular complexity index is 1090. The van der Waals surface area contributed by atoms with E-state index in [1.165, 1.54) is 16.0 Å². The smallest absolute Gasteiger partial charge is 0.273 e. The van der Waals surface area contributed by atoms with Crippen LogP contribution in [-0.4, -0.2) is 26.6 Å². The Morgan fingerprint density at radius 1 is 1.14 bits per heavy atom. The fourth-order valence-electron chi connectivity index (χ4n) is 2.95. The highest BCUT2D eigenvalue weighted by Crippen LogP contribution is 2.13. The van der Waals surface area contributed by atoms with Crippen LogP contribution in [0.2, 0.25) is 0 Å². The molecule has 0 bridgehead atoms. The van der Waals surface area contributed by atoms with E-state index in [2.05, 4.69) is 27.9 Å². The van der Waals surface area contributed by atoms with Gasteiger partial charge in [0.15, 0.2) is 5.69 Å². The summed E-state index contributed by atoms with van der Waals surface area (Å²) in [5, 5.41) is 7.82. The fourth-order valence-corrected chi connectivity index (χ4v) is 3.56. The SMILES string of the molecule is CCCCCn1nc(C(=O)NNC(=O)Cc2csc(C)n2)c2ccccc2c1=O. The molecule has 152 valence electrons. The standard InChI is InChI=1S/C20H23N5O3S/c1-3-4-7-10-25-20(28)16-9-6-5-8-15(16)18(24-25)19(27)23-22-17(26)11-14-12-29-13(2)21-14/h5-6,8-9,12H,3-4,7,10-11H2,1-2H3,(H,22,26)(H,23,27). The molecule has 0 aliphatic carbocycles. The van der Waals surface area contributed by atoms with Crippen LogP contribution in [0.1, 0.15) is 47.4 Å². The Kier molecular flexibility index (Phi) is 6.71. The molecule has 2 aromatic heterocycles. The third kappa shape index (κ3) is 5.05. The first-order valence-corrected chi connectivity index (χ1v) is 10.4. The van der Waals surface area contributed by atoms with Gasteiger partial charge in [-0.15, -0.1) is 11.3 Å². The average Bonchev–Trinajstić information content (AvgIpc) is 3.12. The van der Waals surface area contributed by atoms with Crippen molar-refractivity contribution in [2.45, 2.75) is 46.1 Å². The number of unbranched alkanes of at least 4 members (excludes halogenated alkanes) is 2. The number of carbonyl (C=O) groups excluding carboxylic acids is 2. The second kappa shape index (κ2) is 9.42. The van der Waals surface area contributed by atoms with Crippen molar-refractivity contribution >= 4 is 33.9 Å². The second-order valence-electron chi connectivity index (χ2n) is 6.67. The molecule has 29 heavy (non-hydrogen) atoms. The number of rotatable bonds is 7. The van der Waals surface area contributed by atoms with Crippen molar-refractivity contribution in [3.8, 4) is 0 Å². The molecule has 0 saturated carbocycles. The lowest BCUT2D eigenvalue weighted by atomic mass is 10.1. The molecule has 0 aliphatic rings. The quantitative estimate of drug-likeness (QED) is 0.457. The maximum atomic E-state index is 12.7. The van der Waals surface area contributed by atoms with Crippen LogP contribution in [-0.2, 0) is 17.8 Å². The van der Waals surface area contributed by atoms with E-state index in [0.29, 0.717) is 23.0 Å². The first kappa shape index (κ1) is 20.7. The number of nitrogens with zero attached hydrogens (tertiary/aromatic N) is 3. The summed E-state index contributed by atoms with van der Waals surface area (Å²) in [5.74, 6) is -0.961. The zero-order chi connectivity index (χ0) is 20.8. The summed E-state index contributed by atoms with van der Waals surface area (Å²) in [6.45, 7) is 4.37. The molecule has 1 aromatic carbocycles. The van der Waals surface area contributed by atoms with Gasteiger partial charge in [-0.05, 0) is 19.4 Å². The molecular formula is C20H23N5O3S. The number of thiazole rings is 1. The van der Waals surface area contributed by atoms with Crippen LogP contribution in [0, 0.1) is 6.92 Å². The van der Waals surface area contributed by atoms with Gasteiger partial charge in [0, 0.05) is 17.3 Å². The molecule has 0 radical (unpaired) electrons. The number of nitrogens with one attached hydrogen (secondary N) is 2. The maximum absolute atomic E-state index is 12.7. The number of hydrazine groups is 1. The van der Waals surface area contributed by atoms with Crippen LogP contribution in [0.3, 0.4) is 0 Å². The van der Waals surface area contributed by atoms with Crippen LogP contribution < -0.4 is 16.4 Å². The van der Waals surface area contributed by atoms with Gasteiger partial charge in [-0.2, -0.15) is 5.10 Å². The first-order chi connectivity index (χ1) is 14.0. The number of hydrogen-bond donors (Lipinski definition) is 2. The van der Waals surface area contributed by atoms with Crippen LogP contribution in [0.5, 0.6) is 0 Å². The van der Waals surface area contributed by atoms with Crippen LogP contribution in [0.25, 0.3) is 10.8 Å². The van der Waals surface area contributed by atoms with Gasteiger partial charge in [0.2, 0.25) is 5.91 Å². The van der Waals surface area contributed by atoms with Crippen LogP contribution >= 0.6 is 11.3 Å². The van der Waals surface area contributed by atoms with E-state index >= 15 is 0 Å². The third-order valence-corrected chi connectivity index (χ3v) is 5.20. The fraction of sp³-hybridized carbons (Fsp3) is 0.350. The van der Waals surface area contributed by atoms with E-state index in [1.54, 1.807) is 29.6 Å². The Hall–Kier alpha value is -3.07. The number of hydrogen-bond acceptors (Lipinski definition) is 6. The number of carbonyl (C=O) groups is 2. The minimum Gasteiger partial charge on any atom is -0.273 e. The molecule has 0 unspecified atom stereocenters. The molecule has 9 heteroatoms. The Balaban J connectivity index is 1.78. The van der Waals surface area contributed by atoms with E-state index < -0.39 is 5.91 Å². The van der Waals surface area contributed by atoms with Crippen molar-refractivity contribution in [1.29, 1.82) is 0 Å². The van der Waals surface area contributed by atoms with Crippen LogP contribution in [0.4, 0.5) is 0 Å². The minimum absolute atomic E-state index is 0.0648. The number of aromatic nitrogens is 3. The number of aryl methyl sites for hydroxylation is 2. The molecule has 0 fully saturated rings. The lowest BCUT2D eigenvalue weighted by Gasteiger charge is -2.11. The van der Waals surface area contributed by atoms with Gasteiger partial charge < -0.3 is 0 Å². The molecule has 0 saturated heterocycles. The largest absolute Gasteiger partial charge is 0.290 e. The summed E-state index contributed by atoms with van der Waals surface area (Å²) in [4.78, 5) is 41.7. The van der Waals surface area contributed by atoms with Gasteiger partial charge in [0.1, 0.15) is 0 Å². The van der Waals surface area contributed by atoms with E-state index in [-0.39, 0.29) is 23.6 Å². The Morgan fingerprint density at radius 3 is 2.59 bits per heavy atom. The summed E-state index contributed by atoms with van der Waals surface area (Å²) in [6, 6.07) is 6.84. The molecule has 3 rings (SSSR count). The summed E-state index contributed by atoms with van der Waals surface area (Å²) in [5.41, 5.74) is 5.30. The molecule has 2 heterocycles. The van der Waals surface area contributed by atoms with E-state index in [9.17, 15) is 14.4 Å². The molecule has 2 amide bonds. The Morgan fingerprint density at radius 2 is 1.90 bits per heavy atom. The summed E-state index contributed by atoms with van der Waals surface area (Å²) < 4.78 is 1.33. The normalized spacial score (nSPS) is 10.8. The minimum atomic E-state index is -0.576. The summed E-state index contributed by atoms with van der Waals surface area (Å²) >= 11 is 1.46. The highest BCUT2D eigenvalue weighted by molar-refractivity contribution is 7.09. The molecule has 8 nitrogen and oxygen atoms in total. The molecule has 0 spiro atoms. The molecular weight excluding hydrogens is 390 g/mol. The van der Waals surface area contributed by atoms with Gasteiger partial charge in [0.25, 0.3) is 11.5 Å². The van der Waals surface area contributed by atoms with Gasteiger partial charge >= 0.3 is 0 Å². The predicted molar refractivity (Wildman–Crippen MR) is 112 cm³/mol. The first-order valence-electron chi connectivity index (χ1n) is 9.49. The van der Waals surface area contributed by atoms with Gasteiger partial charge in [-0.3, -0.25) is 25.2 Å². The van der Waals surface area contributed by atoms with Crippen molar-refractivity contribution in [2.75, 3.05) is 0 Å². The maximum Gasteiger partial charge on any atom is 0.290 e. The highest BCUT2D eigenvalue weighted by Gasteiger charge is 2.17. The van der Waals surface area contributed by atoms with Gasteiger partial charge in [-0.1, -0.05) is 38.0 Å². The highest BCUT2D eigenvalue weighted by atomic mass is 32.1. The van der Waals surface area contributed by atoms with Crippen LogP contribution in [0.15, 0.2) is 34.4 Å². The number of amides is 2. The van der Waals surface area contributed by atoms with E-state index in [0.717, 1.165) is 24.3 Å².